The monoisotopic (exact) mass is 180 g/mol. The lowest BCUT2D eigenvalue weighted by Crippen LogP contribution is -2.12. The molecule has 68 valence electrons. The zero-order chi connectivity index (χ0) is 9.26. The predicted molar refractivity (Wildman–Crippen MR) is 46.8 cm³/mol. The van der Waals surface area contributed by atoms with Gasteiger partial charge in [0, 0.05) is 11.1 Å². The molecule has 0 saturated carbocycles. The molecule has 1 aromatic carbocycles. The quantitative estimate of drug-likeness (QED) is 0.660. The zero-order valence-electron chi connectivity index (χ0n) is 7.05. The Morgan fingerprint density at radius 2 is 2.31 bits per heavy atom. The van der Waals surface area contributed by atoms with Gasteiger partial charge < -0.3 is 9.47 Å². The molecule has 0 spiro atoms. The first-order valence-electron chi connectivity index (χ1n) is 3.96. The first kappa shape index (κ1) is 8.26. The van der Waals surface area contributed by atoms with Gasteiger partial charge in [-0.1, -0.05) is 12.7 Å². The third-order valence-corrected chi connectivity index (χ3v) is 1.92. The molecule has 0 aromatic heterocycles. The van der Waals surface area contributed by atoms with Gasteiger partial charge in [-0.3, -0.25) is 0 Å². The van der Waals surface area contributed by atoms with Crippen LogP contribution in [0, 0.1) is 5.82 Å². The Bertz CT molecular complexity index is 347. The van der Waals surface area contributed by atoms with Crippen LogP contribution < -0.4 is 4.74 Å². The molecule has 1 aliphatic rings. The molecule has 2 rings (SSSR count). The van der Waals surface area contributed by atoms with Gasteiger partial charge in [0.2, 0.25) is 0 Å². The fourth-order valence-electron chi connectivity index (χ4n) is 1.36. The number of halogens is 1. The van der Waals surface area contributed by atoms with Crippen molar-refractivity contribution in [2.45, 2.75) is 6.61 Å². The van der Waals surface area contributed by atoms with Crippen molar-refractivity contribution in [3.05, 3.63) is 35.7 Å². The fraction of sp³-hybridized carbons (Fsp3) is 0.200. The predicted octanol–water partition coefficient (Wildman–Crippen LogP) is 2.34. The second kappa shape index (κ2) is 3.18. The minimum atomic E-state index is -0.289. The van der Waals surface area contributed by atoms with Crippen LogP contribution in [0.15, 0.2) is 18.7 Å². The average Bonchev–Trinajstić information content (AvgIpc) is 2.16. The molecule has 13 heavy (non-hydrogen) atoms. The Balaban J connectivity index is 2.56. The standard InChI is InChI=1S/C10H9FO2/c1-2-7-3-9(11)4-8-5-12-6-13-10(7)8/h2-4H,1,5-6H2. The molecule has 0 radical (unpaired) electrons. The molecule has 1 aliphatic heterocycles. The Morgan fingerprint density at radius 1 is 1.46 bits per heavy atom. The normalized spacial score (nSPS) is 14.5. The topological polar surface area (TPSA) is 18.5 Å². The Kier molecular flexibility index (Phi) is 2.02. The Morgan fingerprint density at radius 3 is 3.08 bits per heavy atom. The van der Waals surface area contributed by atoms with Crippen molar-refractivity contribution in [1.29, 1.82) is 0 Å². The molecule has 0 saturated heterocycles. The molecular formula is C10H9FO2. The molecule has 0 atom stereocenters. The van der Waals surface area contributed by atoms with Crippen LogP contribution in [-0.4, -0.2) is 6.79 Å². The molecule has 3 heteroatoms. The lowest BCUT2D eigenvalue weighted by molar-refractivity contribution is -0.0167. The van der Waals surface area contributed by atoms with E-state index in [0.29, 0.717) is 17.9 Å². The van der Waals surface area contributed by atoms with Crippen molar-refractivity contribution in [2.24, 2.45) is 0 Å². The summed E-state index contributed by atoms with van der Waals surface area (Å²) in [5, 5.41) is 0. The van der Waals surface area contributed by atoms with E-state index in [1.54, 1.807) is 6.08 Å². The van der Waals surface area contributed by atoms with E-state index in [2.05, 4.69) is 6.58 Å². The van der Waals surface area contributed by atoms with Crippen LogP contribution in [0.3, 0.4) is 0 Å². The summed E-state index contributed by atoms with van der Waals surface area (Å²) < 4.78 is 23.3. The number of ether oxygens (including phenoxy) is 2. The van der Waals surface area contributed by atoms with Crippen molar-refractivity contribution in [1.82, 2.24) is 0 Å². The SMILES string of the molecule is C=Cc1cc(F)cc2c1OCOC2. The highest BCUT2D eigenvalue weighted by Gasteiger charge is 2.14. The van der Waals surface area contributed by atoms with E-state index >= 15 is 0 Å². The number of hydrogen-bond acceptors (Lipinski definition) is 2. The van der Waals surface area contributed by atoms with Crippen molar-refractivity contribution in [3.8, 4) is 5.75 Å². The first-order valence-corrected chi connectivity index (χ1v) is 3.96. The number of hydrogen-bond donors (Lipinski definition) is 0. The molecular weight excluding hydrogens is 171 g/mol. The highest BCUT2D eigenvalue weighted by atomic mass is 19.1. The maximum atomic E-state index is 13.0. The number of benzene rings is 1. The molecule has 1 aromatic rings. The summed E-state index contributed by atoms with van der Waals surface area (Å²) in [6, 6.07) is 2.82. The molecule has 2 nitrogen and oxygen atoms in total. The van der Waals surface area contributed by atoms with Crippen LogP contribution in [0.4, 0.5) is 4.39 Å². The van der Waals surface area contributed by atoms with Crippen LogP contribution >= 0.6 is 0 Å². The summed E-state index contributed by atoms with van der Waals surface area (Å²) in [6.45, 7) is 4.21. The summed E-state index contributed by atoms with van der Waals surface area (Å²) in [6.07, 6.45) is 1.58. The first-order chi connectivity index (χ1) is 6.31. The molecule has 1 heterocycles. The van der Waals surface area contributed by atoms with Gasteiger partial charge in [0.15, 0.2) is 6.79 Å². The molecule has 0 bridgehead atoms. The van der Waals surface area contributed by atoms with Crippen LogP contribution in [0.5, 0.6) is 5.75 Å². The van der Waals surface area contributed by atoms with Crippen LogP contribution in [0.25, 0.3) is 6.08 Å². The minimum absolute atomic E-state index is 0.222. The summed E-state index contributed by atoms with van der Waals surface area (Å²) in [5.74, 6) is 0.394. The van der Waals surface area contributed by atoms with Crippen molar-refractivity contribution >= 4 is 6.08 Å². The molecule has 0 unspecified atom stereocenters. The maximum Gasteiger partial charge on any atom is 0.189 e. The van der Waals surface area contributed by atoms with Gasteiger partial charge in [-0.15, -0.1) is 0 Å². The van der Waals surface area contributed by atoms with Crippen LogP contribution in [0.2, 0.25) is 0 Å². The van der Waals surface area contributed by atoms with E-state index < -0.39 is 0 Å². The van der Waals surface area contributed by atoms with Gasteiger partial charge in [-0.05, 0) is 12.1 Å². The van der Waals surface area contributed by atoms with Crippen molar-refractivity contribution < 1.29 is 13.9 Å². The Labute approximate surface area is 75.6 Å². The third kappa shape index (κ3) is 1.42. The average molecular weight is 180 g/mol. The summed E-state index contributed by atoms with van der Waals surface area (Å²) >= 11 is 0. The van der Waals surface area contributed by atoms with Gasteiger partial charge in [0.1, 0.15) is 11.6 Å². The lowest BCUT2D eigenvalue weighted by atomic mass is 10.1. The largest absolute Gasteiger partial charge is 0.467 e. The lowest BCUT2D eigenvalue weighted by Gasteiger charge is -2.19. The van der Waals surface area contributed by atoms with Gasteiger partial charge in [-0.25, -0.2) is 4.39 Å². The van der Waals surface area contributed by atoms with Crippen LogP contribution in [-0.2, 0) is 11.3 Å². The molecule has 0 aliphatic carbocycles. The van der Waals surface area contributed by atoms with Gasteiger partial charge in [-0.2, -0.15) is 0 Å². The number of fused-ring (bicyclic) bond motifs is 1. The summed E-state index contributed by atoms with van der Waals surface area (Å²) in [7, 11) is 0. The van der Waals surface area contributed by atoms with E-state index in [1.165, 1.54) is 12.1 Å². The van der Waals surface area contributed by atoms with E-state index in [-0.39, 0.29) is 12.6 Å². The van der Waals surface area contributed by atoms with Gasteiger partial charge >= 0.3 is 0 Å². The minimum Gasteiger partial charge on any atom is -0.467 e. The highest BCUT2D eigenvalue weighted by Crippen LogP contribution is 2.29. The summed E-state index contributed by atoms with van der Waals surface area (Å²) in [4.78, 5) is 0. The number of rotatable bonds is 1. The van der Waals surface area contributed by atoms with Gasteiger partial charge in [0.25, 0.3) is 0 Å². The van der Waals surface area contributed by atoms with Crippen molar-refractivity contribution in [3.63, 3.8) is 0 Å². The van der Waals surface area contributed by atoms with E-state index in [4.69, 9.17) is 9.47 Å². The molecule has 0 fully saturated rings. The highest BCUT2D eigenvalue weighted by molar-refractivity contribution is 5.59. The maximum absolute atomic E-state index is 13.0. The van der Waals surface area contributed by atoms with E-state index in [9.17, 15) is 4.39 Å². The van der Waals surface area contributed by atoms with Crippen molar-refractivity contribution in [2.75, 3.05) is 6.79 Å². The smallest absolute Gasteiger partial charge is 0.189 e. The van der Waals surface area contributed by atoms with E-state index in [1.807, 2.05) is 0 Å². The fourth-order valence-corrected chi connectivity index (χ4v) is 1.36. The second-order valence-corrected chi connectivity index (χ2v) is 2.80. The Hall–Kier alpha value is -1.35. The molecule has 0 amide bonds. The third-order valence-electron chi connectivity index (χ3n) is 1.92. The zero-order valence-corrected chi connectivity index (χ0v) is 7.05. The van der Waals surface area contributed by atoms with Gasteiger partial charge in [0.05, 0.1) is 6.61 Å². The summed E-state index contributed by atoms with van der Waals surface area (Å²) in [5.41, 5.74) is 1.42. The van der Waals surface area contributed by atoms with E-state index in [0.717, 1.165) is 5.56 Å². The van der Waals surface area contributed by atoms with Crippen LogP contribution in [0.1, 0.15) is 11.1 Å². The second-order valence-electron chi connectivity index (χ2n) is 2.80. The molecule has 0 N–H and O–H groups in total.